The Kier molecular flexibility index (Phi) is 3.18. The maximum Gasteiger partial charge on any atom is 0.0912 e. The normalized spacial score (nSPS) is 36.3. The Balaban J connectivity index is 1.53. The Morgan fingerprint density at radius 2 is 2.30 bits per heavy atom. The molecule has 1 aromatic rings. The van der Waals surface area contributed by atoms with Gasteiger partial charge in [-0.15, -0.1) is 0 Å². The molecule has 3 aliphatic heterocycles. The van der Waals surface area contributed by atoms with Gasteiger partial charge in [0, 0.05) is 37.4 Å². The van der Waals surface area contributed by atoms with E-state index >= 15 is 0 Å². The molecule has 4 rings (SSSR count). The molecule has 20 heavy (non-hydrogen) atoms. The van der Waals surface area contributed by atoms with Gasteiger partial charge in [0.1, 0.15) is 0 Å². The van der Waals surface area contributed by atoms with Crippen molar-refractivity contribution in [2.24, 2.45) is 5.92 Å². The minimum atomic E-state index is 0.400. The lowest BCUT2D eigenvalue weighted by Crippen LogP contribution is -2.46. The van der Waals surface area contributed by atoms with E-state index in [1.54, 1.807) is 0 Å². The van der Waals surface area contributed by atoms with Gasteiger partial charge in [-0.1, -0.05) is 6.07 Å². The van der Waals surface area contributed by atoms with E-state index in [9.17, 15) is 0 Å². The van der Waals surface area contributed by atoms with Gasteiger partial charge in [-0.05, 0) is 29.5 Å². The fourth-order valence-corrected chi connectivity index (χ4v) is 3.60. The van der Waals surface area contributed by atoms with Gasteiger partial charge in [0.25, 0.3) is 0 Å². The van der Waals surface area contributed by atoms with Gasteiger partial charge >= 0.3 is 0 Å². The van der Waals surface area contributed by atoms with Crippen LogP contribution in [0, 0.1) is 5.92 Å². The second kappa shape index (κ2) is 5.16. The minimum absolute atomic E-state index is 0.400. The number of pyridine rings is 1. The molecule has 0 saturated carbocycles. The molecule has 1 aromatic heterocycles. The molecule has 106 valence electrons. The molecular formula is C15H20N4O. The highest BCUT2D eigenvalue weighted by atomic mass is 16.5. The van der Waals surface area contributed by atoms with Crippen molar-refractivity contribution in [3.05, 3.63) is 41.9 Å². The number of nitrogens with zero attached hydrogens (tertiary/aromatic N) is 1. The molecular weight excluding hydrogens is 252 g/mol. The SMILES string of the molecule is C1=C(C2NNC3CNC(c4cccnc4)CC32)CCO1. The summed E-state index contributed by atoms with van der Waals surface area (Å²) in [5.74, 6) is 0.606. The Morgan fingerprint density at radius 1 is 1.30 bits per heavy atom. The van der Waals surface area contributed by atoms with Gasteiger partial charge in [0.2, 0.25) is 0 Å². The average molecular weight is 272 g/mol. The zero-order valence-electron chi connectivity index (χ0n) is 11.4. The van der Waals surface area contributed by atoms with E-state index < -0.39 is 0 Å². The largest absolute Gasteiger partial charge is 0.501 e. The lowest BCUT2D eigenvalue weighted by atomic mass is 9.80. The van der Waals surface area contributed by atoms with Crippen LogP contribution in [0.15, 0.2) is 36.4 Å². The second-order valence-electron chi connectivity index (χ2n) is 5.83. The first-order valence-corrected chi connectivity index (χ1v) is 7.37. The van der Waals surface area contributed by atoms with Crippen LogP contribution in [0.2, 0.25) is 0 Å². The van der Waals surface area contributed by atoms with Gasteiger partial charge < -0.3 is 10.1 Å². The van der Waals surface area contributed by atoms with E-state index in [0.29, 0.717) is 24.0 Å². The summed E-state index contributed by atoms with van der Waals surface area (Å²) in [5, 5.41) is 3.62. The fourth-order valence-electron chi connectivity index (χ4n) is 3.60. The summed E-state index contributed by atoms with van der Waals surface area (Å²) >= 11 is 0. The minimum Gasteiger partial charge on any atom is -0.501 e. The van der Waals surface area contributed by atoms with Gasteiger partial charge in [-0.25, -0.2) is 5.43 Å². The number of hydrogen-bond acceptors (Lipinski definition) is 5. The molecule has 3 N–H and O–H groups in total. The highest BCUT2D eigenvalue weighted by Gasteiger charge is 2.42. The number of ether oxygens (including phenoxy) is 1. The number of aromatic nitrogens is 1. The van der Waals surface area contributed by atoms with E-state index in [1.807, 2.05) is 24.7 Å². The monoisotopic (exact) mass is 272 g/mol. The van der Waals surface area contributed by atoms with Gasteiger partial charge in [0.15, 0.2) is 0 Å². The van der Waals surface area contributed by atoms with Crippen molar-refractivity contribution >= 4 is 0 Å². The summed E-state index contributed by atoms with van der Waals surface area (Å²) in [5.41, 5.74) is 9.58. The van der Waals surface area contributed by atoms with E-state index in [-0.39, 0.29) is 0 Å². The van der Waals surface area contributed by atoms with Crippen LogP contribution in [0.25, 0.3) is 0 Å². The number of piperidine rings is 1. The Labute approximate surface area is 118 Å². The van der Waals surface area contributed by atoms with Crippen molar-refractivity contribution in [2.45, 2.75) is 31.0 Å². The molecule has 0 aliphatic carbocycles. The van der Waals surface area contributed by atoms with E-state index in [2.05, 4.69) is 27.2 Å². The van der Waals surface area contributed by atoms with Crippen molar-refractivity contribution in [2.75, 3.05) is 13.2 Å². The number of hydrogen-bond donors (Lipinski definition) is 3. The predicted octanol–water partition coefficient (Wildman–Crippen LogP) is 0.881. The van der Waals surface area contributed by atoms with Crippen molar-refractivity contribution in [3.63, 3.8) is 0 Å². The zero-order valence-corrected chi connectivity index (χ0v) is 11.4. The first kappa shape index (κ1) is 12.3. The number of fused-ring (bicyclic) bond motifs is 1. The first-order chi connectivity index (χ1) is 9.92. The Hall–Kier alpha value is -1.43. The van der Waals surface area contributed by atoms with E-state index in [1.165, 1.54) is 11.1 Å². The maximum absolute atomic E-state index is 5.41. The Bertz CT molecular complexity index is 504. The molecule has 2 fully saturated rings. The molecule has 0 radical (unpaired) electrons. The van der Waals surface area contributed by atoms with Crippen LogP contribution in [-0.4, -0.2) is 30.2 Å². The van der Waals surface area contributed by atoms with Crippen molar-refractivity contribution in [1.82, 2.24) is 21.2 Å². The molecule has 0 spiro atoms. The molecule has 4 atom stereocenters. The third-order valence-corrected chi connectivity index (χ3v) is 4.69. The maximum atomic E-state index is 5.41. The summed E-state index contributed by atoms with van der Waals surface area (Å²) < 4.78 is 5.41. The molecule has 0 aromatic carbocycles. The van der Waals surface area contributed by atoms with E-state index in [0.717, 1.165) is 26.0 Å². The highest BCUT2D eigenvalue weighted by Crippen LogP contribution is 2.35. The third-order valence-electron chi connectivity index (χ3n) is 4.69. The molecule has 4 heterocycles. The predicted molar refractivity (Wildman–Crippen MR) is 75.6 cm³/mol. The van der Waals surface area contributed by atoms with Gasteiger partial charge in [-0.2, -0.15) is 0 Å². The van der Waals surface area contributed by atoms with Crippen LogP contribution in [-0.2, 0) is 4.74 Å². The topological polar surface area (TPSA) is 58.2 Å². The van der Waals surface area contributed by atoms with Crippen LogP contribution in [0.5, 0.6) is 0 Å². The average Bonchev–Trinajstić information content (AvgIpc) is 3.16. The molecule has 4 unspecified atom stereocenters. The molecule has 0 amide bonds. The summed E-state index contributed by atoms with van der Waals surface area (Å²) in [7, 11) is 0. The lowest BCUT2D eigenvalue weighted by molar-refractivity contribution is 0.274. The molecule has 0 bridgehead atoms. The zero-order chi connectivity index (χ0) is 13.4. The number of hydrazine groups is 1. The molecule has 5 nitrogen and oxygen atoms in total. The summed E-state index contributed by atoms with van der Waals surface area (Å²) in [6.45, 7) is 1.82. The van der Waals surface area contributed by atoms with Crippen LogP contribution in [0.3, 0.4) is 0 Å². The lowest BCUT2D eigenvalue weighted by Gasteiger charge is -2.34. The second-order valence-corrected chi connectivity index (χ2v) is 5.83. The van der Waals surface area contributed by atoms with Crippen LogP contribution < -0.4 is 16.2 Å². The van der Waals surface area contributed by atoms with Crippen molar-refractivity contribution < 1.29 is 4.74 Å². The van der Waals surface area contributed by atoms with Gasteiger partial charge in [0.05, 0.1) is 18.9 Å². The number of nitrogens with one attached hydrogen (secondary N) is 3. The molecule has 5 heteroatoms. The van der Waals surface area contributed by atoms with Crippen LogP contribution in [0.1, 0.15) is 24.4 Å². The highest BCUT2D eigenvalue weighted by molar-refractivity contribution is 5.21. The van der Waals surface area contributed by atoms with Crippen molar-refractivity contribution in [3.8, 4) is 0 Å². The standard InChI is InChI=1S/C15H20N4O/c1-2-10(7-16-4-1)13-6-12-14(8-17-13)18-19-15(12)11-3-5-20-9-11/h1-2,4,7,9,12-15,17-19H,3,5-6,8H2. The molecule has 2 saturated heterocycles. The smallest absolute Gasteiger partial charge is 0.0912 e. The van der Waals surface area contributed by atoms with Gasteiger partial charge in [-0.3, -0.25) is 10.4 Å². The van der Waals surface area contributed by atoms with Crippen molar-refractivity contribution in [1.29, 1.82) is 0 Å². The fraction of sp³-hybridized carbons (Fsp3) is 0.533. The summed E-state index contributed by atoms with van der Waals surface area (Å²) in [6, 6.07) is 5.47. The third kappa shape index (κ3) is 2.12. The van der Waals surface area contributed by atoms with Crippen LogP contribution in [0.4, 0.5) is 0 Å². The molecule has 3 aliphatic rings. The summed E-state index contributed by atoms with van der Waals surface area (Å²) in [4.78, 5) is 4.24. The first-order valence-electron chi connectivity index (χ1n) is 7.37. The van der Waals surface area contributed by atoms with Crippen LogP contribution >= 0.6 is 0 Å². The van der Waals surface area contributed by atoms with E-state index in [4.69, 9.17) is 4.74 Å². The Morgan fingerprint density at radius 3 is 3.10 bits per heavy atom. The number of rotatable bonds is 2. The quantitative estimate of drug-likeness (QED) is 0.746. The summed E-state index contributed by atoms with van der Waals surface area (Å²) in [6.07, 6.45) is 7.92.